The van der Waals surface area contributed by atoms with Crippen molar-refractivity contribution in [2.75, 3.05) is 7.11 Å². The maximum Gasteiger partial charge on any atom is 0.387 e. The summed E-state index contributed by atoms with van der Waals surface area (Å²) in [5.41, 5.74) is 0.872. The van der Waals surface area contributed by atoms with Crippen molar-refractivity contribution in [3.63, 3.8) is 0 Å². The number of alkyl halides is 2. The number of benzene rings is 2. The zero-order valence-electron chi connectivity index (χ0n) is 11.5. The van der Waals surface area contributed by atoms with Gasteiger partial charge in [-0.3, -0.25) is 4.99 Å². The fourth-order valence-electron chi connectivity index (χ4n) is 1.71. The van der Waals surface area contributed by atoms with Crippen molar-refractivity contribution >= 4 is 23.5 Å². The van der Waals surface area contributed by atoms with Crippen LogP contribution in [0.25, 0.3) is 0 Å². The third-order valence-electron chi connectivity index (χ3n) is 2.73. The van der Waals surface area contributed by atoms with E-state index in [4.69, 9.17) is 16.3 Å². The number of rotatable bonds is 5. The molecule has 2 aromatic carbocycles. The van der Waals surface area contributed by atoms with Crippen LogP contribution in [0.1, 0.15) is 5.56 Å². The van der Waals surface area contributed by atoms with Gasteiger partial charge in [0.1, 0.15) is 5.75 Å². The van der Waals surface area contributed by atoms with Crippen LogP contribution in [0.3, 0.4) is 0 Å². The topological polar surface area (TPSA) is 51.0 Å². The van der Waals surface area contributed by atoms with Crippen LogP contribution >= 0.6 is 11.6 Å². The molecule has 2 aromatic rings. The first-order valence-electron chi connectivity index (χ1n) is 6.15. The summed E-state index contributed by atoms with van der Waals surface area (Å²) in [7, 11) is 1.44. The number of nitrogens with zero attached hydrogens (tertiary/aromatic N) is 1. The van der Waals surface area contributed by atoms with Crippen LogP contribution in [0.2, 0.25) is 5.02 Å². The summed E-state index contributed by atoms with van der Waals surface area (Å²) in [5.74, 6) is 0.153. The fourth-order valence-corrected chi connectivity index (χ4v) is 1.93. The number of para-hydroxylation sites is 1. The van der Waals surface area contributed by atoms with Crippen LogP contribution in [0.5, 0.6) is 17.2 Å². The number of ether oxygens (including phenoxy) is 2. The Labute approximate surface area is 130 Å². The maximum absolute atomic E-state index is 12.1. The second kappa shape index (κ2) is 7.09. The summed E-state index contributed by atoms with van der Waals surface area (Å²) in [6, 6.07) is 9.11. The van der Waals surface area contributed by atoms with E-state index in [1.807, 2.05) is 0 Å². The van der Waals surface area contributed by atoms with E-state index in [0.29, 0.717) is 17.0 Å². The predicted octanol–water partition coefficient (Wildman–Crippen LogP) is 4.41. The average molecular weight is 328 g/mol. The summed E-state index contributed by atoms with van der Waals surface area (Å²) in [5, 5.41) is 9.94. The molecule has 0 saturated heterocycles. The van der Waals surface area contributed by atoms with E-state index in [-0.39, 0.29) is 16.5 Å². The summed E-state index contributed by atoms with van der Waals surface area (Å²) in [6.45, 7) is -2.94. The lowest BCUT2D eigenvalue weighted by Crippen LogP contribution is -2.01. The highest BCUT2D eigenvalue weighted by atomic mass is 35.5. The van der Waals surface area contributed by atoms with E-state index in [1.54, 1.807) is 18.2 Å². The molecule has 2 rings (SSSR count). The van der Waals surface area contributed by atoms with Crippen molar-refractivity contribution in [3.05, 3.63) is 47.0 Å². The van der Waals surface area contributed by atoms with Gasteiger partial charge < -0.3 is 14.6 Å². The Balaban J connectivity index is 2.22. The highest BCUT2D eigenvalue weighted by molar-refractivity contribution is 6.32. The van der Waals surface area contributed by atoms with Gasteiger partial charge in [-0.15, -0.1) is 0 Å². The third-order valence-corrected chi connectivity index (χ3v) is 3.03. The van der Waals surface area contributed by atoms with Gasteiger partial charge in [0.05, 0.1) is 17.8 Å². The maximum atomic E-state index is 12.1. The van der Waals surface area contributed by atoms with Gasteiger partial charge in [-0.1, -0.05) is 17.7 Å². The molecule has 0 unspecified atom stereocenters. The smallest absolute Gasteiger partial charge is 0.387 e. The molecule has 116 valence electrons. The molecule has 0 atom stereocenters. The molecule has 1 N–H and O–H groups in total. The number of aromatic hydroxyl groups is 1. The van der Waals surface area contributed by atoms with Gasteiger partial charge in [0.2, 0.25) is 0 Å². The summed E-state index contributed by atoms with van der Waals surface area (Å²) in [4.78, 5) is 4.13. The normalized spacial score (nSPS) is 11.1. The van der Waals surface area contributed by atoms with Crippen LogP contribution in [0, 0.1) is 0 Å². The van der Waals surface area contributed by atoms with Crippen LogP contribution in [-0.4, -0.2) is 25.0 Å². The van der Waals surface area contributed by atoms with E-state index in [2.05, 4.69) is 9.73 Å². The van der Waals surface area contributed by atoms with Crippen LogP contribution < -0.4 is 9.47 Å². The molecule has 0 bridgehead atoms. The number of halogens is 3. The number of hydrogen-bond donors (Lipinski definition) is 1. The standard InChI is InChI=1S/C15H12ClF2NO3/c1-21-13-4-2-3-9(14(13)20)8-19-10-5-6-12(11(16)7-10)22-15(17)18/h2-8,15,20H,1H3. The zero-order chi connectivity index (χ0) is 16.1. The van der Waals surface area contributed by atoms with Gasteiger partial charge in [0.15, 0.2) is 11.5 Å². The second-order valence-corrected chi connectivity index (χ2v) is 4.56. The minimum atomic E-state index is -2.94. The van der Waals surface area contributed by atoms with Crippen molar-refractivity contribution in [1.82, 2.24) is 0 Å². The molecule has 7 heteroatoms. The molecule has 0 fully saturated rings. The molecule has 0 aliphatic heterocycles. The van der Waals surface area contributed by atoms with E-state index >= 15 is 0 Å². The molecule has 22 heavy (non-hydrogen) atoms. The van der Waals surface area contributed by atoms with Crippen molar-refractivity contribution in [2.45, 2.75) is 6.61 Å². The Kier molecular flexibility index (Phi) is 5.16. The zero-order valence-corrected chi connectivity index (χ0v) is 12.2. The van der Waals surface area contributed by atoms with Crippen LogP contribution in [0.4, 0.5) is 14.5 Å². The van der Waals surface area contributed by atoms with Crippen LogP contribution in [-0.2, 0) is 0 Å². The molecule has 4 nitrogen and oxygen atoms in total. The van der Waals surface area contributed by atoms with Gasteiger partial charge >= 0.3 is 6.61 Å². The number of hydrogen-bond acceptors (Lipinski definition) is 4. The van der Waals surface area contributed by atoms with E-state index in [9.17, 15) is 13.9 Å². The van der Waals surface area contributed by atoms with Gasteiger partial charge in [0, 0.05) is 11.8 Å². The first-order valence-corrected chi connectivity index (χ1v) is 6.53. The van der Waals surface area contributed by atoms with Gasteiger partial charge in [-0.25, -0.2) is 0 Å². The van der Waals surface area contributed by atoms with Gasteiger partial charge in [-0.2, -0.15) is 8.78 Å². The number of aliphatic imine (C=N–C) groups is 1. The minimum absolute atomic E-state index is 0.0183. The quantitative estimate of drug-likeness (QED) is 0.828. The molecule has 0 spiro atoms. The molecule has 0 radical (unpaired) electrons. The Morgan fingerprint density at radius 3 is 2.64 bits per heavy atom. The van der Waals surface area contributed by atoms with Crippen molar-refractivity contribution in [2.24, 2.45) is 4.99 Å². The largest absolute Gasteiger partial charge is 0.504 e. The van der Waals surface area contributed by atoms with Crippen molar-refractivity contribution in [1.29, 1.82) is 0 Å². The van der Waals surface area contributed by atoms with E-state index in [1.165, 1.54) is 31.5 Å². The Hall–Kier alpha value is -2.34. The minimum Gasteiger partial charge on any atom is -0.504 e. The monoisotopic (exact) mass is 327 g/mol. The summed E-state index contributed by atoms with van der Waals surface area (Å²) < 4.78 is 33.5. The lowest BCUT2D eigenvalue weighted by Gasteiger charge is -2.07. The van der Waals surface area contributed by atoms with Crippen LogP contribution in [0.15, 0.2) is 41.4 Å². The Morgan fingerprint density at radius 2 is 2.00 bits per heavy atom. The summed E-state index contributed by atoms with van der Waals surface area (Å²) >= 11 is 5.83. The molecule has 0 amide bonds. The average Bonchev–Trinajstić information content (AvgIpc) is 2.48. The molecule has 0 aromatic heterocycles. The van der Waals surface area contributed by atoms with Gasteiger partial charge in [0.25, 0.3) is 0 Å². The Morgan fingerprint density at radius 1 is 1.23 bits per heavy atom. The Bertz CT molecular complexity index is 692. The molecular formula is C15H12ClF2NO3. The van der Waals surface area contributed by atoms with E-state index in [0.717, 1.165) is 0 Å². The first-order chi connectivity index (χ1) is 10.5. The molecule has 0 saturated carbocycles. The molecule has 0 aliphatic rings. The molecule has 0 heterocycles. The molecular weight excluding hydrogens is 316 g/mol. The number of methoxy groups -OCH3 is 1. The first kappa shape index (κ1) is 16.0. The van der Waals surface area contributed by atoms with E-state index < -0.39 is 6.61 Å². The predicted molar refractivity (Wildman–Crippen MR) is 80.0 cm³/mol. The lowest BCUT2D eigenvalue weighted by atomic mass is 10.2. The SMILES string of the molecule is COc1cccc(C=Nc2ccc(OC(F)F)c(Cl)c2)c1O. The highest BCUT2D eigenvalue weighted by Gasteiger charge is 2.09. The van der Waals surface area contributed by atoms with Crippen molar-refractivity contribution < 1.29 is 23.4 Å². The van der Waals surface area contributed by atoms with Gasteiger partial charge in [-0.05, 0) is 30.3 Å². The third kappa shape index (κ3) is 3.85. The lowest BCUT2D eigenvalue weighted by molar-refractivity contribution is -0.0497. The highest BCUT2D eigenvalue weighted by Crippen LogP contribution is 2.31. The number of phenols is 1. The second-order valence-electron chi connectivity index (χ2n) is 4.15. The molecule has 0 aliphatic carbocycles. The fraction of sp³-hybridized carbons (Fsp3) is 0.133. The summed E-state index contributed by atoms with van der Waals surface area (Å²) in [6.07, 6.45) is 1.41. The van der Waals surface area contributed by atoms with Crippen molar-refractivity contribution in [3.8, 4) is 17.2 Å². The number of phenolic OH excluding ortho intramolecular Hbond substituents is 1.